The van der Waals surface area contributed by atoms with Crippen LogP contribution >= 0.6 is 0 Å². The maximum absolute atomic E-state index is 2.76. The Labute approximate surface area is 667 Å². The molecule has 0 aromatic heterocycles. The molecule has 0 bridgehead atoms. The van der Waals surface area contributed by atoms with Gasteiger partial charge in [-0.15, -0.1) is 0 Å². The van der Waals surface area contributed by atoms with E-state index in [2.05, 4.69) is 371 Å². The van der Waals surface area contributed by atoms with Gasteiger partial charge in [0, 0.05) is 0 Å². The highest BCUT2D eigenvalue weighted by Gasteiger charge is 2.39. The third kappa shape index (κ3) is 17.2. The quantitative estimate of drug-likeness (QED) is 0.0374. The molecule has 0 aliphatic heterocycles. The van der Waals surface area contributed by atoms with Crippen LogP contribution in [0.4, 0.5) is 0 Å². The zero-order valence-electron chi connectivity index (χ0n) is 74.9. The molecule has 9 aromatic rings. The van der Waals surface area contributed by atoms with Crippen molar-refractivity contribution in [3.63, 3.8) is 0 Å². The van der Waals surface area contributed by atoms with Crippen LogP contribution in [0.3, 0.4) is 0 Å². The van der Waals surface area contributed by atoms with Crippen molar-refractivity contribution in [2.45, 2.75) is 356 Å². The largest absolute Gasteiger partial charge is 0.0710 e. The van der Waals surface area contributed by atoms with E-state index < -0.39 is 31.6 Å². The summed E-state index contributed by atoms with van der Waals surface area (Å²) < 4.78 is 0. The SMILES string of the molecule is CC(C)c1cc(C(C)C)c([Si](c2c(C(C)C)cc(C(C)C)cc2C(C)C)=[Si](c2c(C(C)C)cc(C(C)C)cc2C(C)C)c2c3ccccc3c([Si](c3c(C(C)C)cc(C(C)C)cc3C(C)C)=[Si](c3c(C(C)C)cc(C(C)C)cc3C(C)C)c3c(C(C)C)cc(C(C)C)cc3C(C)C)c3ccccc23)c(C(C)C)c1. The minimum atomic E-state index is -2.03. The molecular weight excluding hydrogens is 1360 g/mol. The van der Waals surface area contributed by atoms with E-state index in [1.165, 1.54) is 54.9 Å². The van der Waals surface area contributed by atoms with Gasteiger partial charge in [-0.05, 0) is 270 Å². The highest BCUT2D eigenvalue weighted by Crippen LogP contribution is 2.37. The van der Waals surface area contributed by atoms with Crippen LogP contribution < -0.4 is 41.5 Å². The third-order valence-electron chi connectivity index (χ3n) is 24.2. The molecule has 0 N–H and O–H groups in total. The summed E-state index contributed by atoms with van der Waals surface area (Å²) >= 11 is 0. The molecular formula is C104H146Si4. The third-order valence-corrected chi connectivity index (χ3v) is 42.8. The fraction of sp³-hybridized carbons (Fsp3) is 0.519. The molecule has 0 atom stereocenters. The van der Waals surface area contributed by atoms with Crippen LogP contribution in [0, 0.1) is 0 Å². The second-order valence-corrected chi connectivity index (χ2v) is 51.6. The molecule has 9 rings (SSSR count). The number of hydrogen-bond acceptors (Lipinski definition) is 0. The van der Waals surface area contributed by atoms with Crippen molar-refractivity contribution in [3.05, 3.63) is 221 Å². The zero-order valence-corrected chi connectivity index (χ0v) is 78.9. The fourth-order valence-electron chi connectivity index (χ4n) is 17.6. The summed E-state index contributed by atoms with van der Waals surface area (Å²) in [6, 6.07) is 53.8. The van der Waals surface area contributed by atoms with Crippen molar-refractivity contribution in [3.8, 4) is 0 Å². The number of hydrogen-bond donors (Lipinski definition) is 0. The van der Waals surface area contributed by atoms with Crippen LogP contribution in [0.15, 0.2) is 121 Å². The summed E-state index contributed by atoms with van der Waals surface area (Å²) in [5.74, 6) is 5.83. The number of fused-ring (bicyclic) bond motifs is 2. The van der Waals surface area contributed by atoms with E-state index in [0.717, 1.165) is 0 Å². The molecule has 0 saturated heterocycles. The first-order chi connectivity index (χ1) is 50.5. The molecule has 9 aromatic carbocycles. The Morgan fingerprint density at radius 3 is 0.333 bits per heavy atom. The van der Waals surface area contributed by atoms with Gasteiger partial charge >= 0.3 is 0 Å². The van der Waals surface area contributed by atoms with Gasteiger partial charge in [-0.3, -0.25) is 0 Å². The van der Waals surface area contributed by atoms with E-state index in [-0.39, 0.29) is 23.7 Å². The van der Waals surface area contributed by atoms with E-state index >= 15 is 0 Å². The molecule has 578 valence electrons. The molecule has 0 unspecified atom stereocenters. The van der Waals surface area contributed by atoms with Crippen LogP contribution in [0.2, 0.25) is 0 Å². The molecule has 4 heteroatoms. The molecule has 0 spiro atoms. The summed E-state index contributed by atoms with van der Waals surface area (Å²) in [6.07, 6.45) is 0. The van der Waals surface area contributed by atoms with Crippen molar-refractivity contribution in [2.75, 3.05) is 0 Å². The standard InChI is InChI=1S/C104H146Si4/c1-57(2)75-45-85(63(13)14)99(86(46-75)64(15)16)105(107(101-89(67(21)22)49-77(59(5)6)50-90(101)68(23)24)102-91(69(25)26)51-78(60(7)8)52-92(102)70(27)28)97-81-41-37-39-43-83(81)98(84-44-40-38-42-82(84)97)106(100-87(65(17)18)47-76(58(3)4)48-88(100)66(19)20)108(103-93(71(29)30)53-79(61(9)10)54-94(103)72(31)32)104-95(73(33)34)55-80(62(11)12)56-96(104)74(35)36/h37-74H,1-36H3. The predicted molar refractivity (Wildman–Crippen MR) is 494 cm³/mol. The molecule has 0 aliphatic rings. The maximum atomic E-state index is 2.76. The minimum Gasteiger partial charge on any atom is -0.0616 e. The molecule has 0 amide bonds. The van der Waals surface area contributed by atoms with Gasteiger partial charge in [-0.1, -0.05) is 371 Å². The topological polar surface area (TPSA) is 0 Å². The smallest absolute Gasteiger partial charge is 0.0616 e. The van der Waals surface area contributed by atoms with Crippen molar-refractivity contribution in [1.29, 1.82) is 0 Å². The predicted octanol–water partition coefficient (Wildman–Crippen LogP) is 26.2. The molecule has 0 heterocycles. The van der Waals surface area contributed by atoms with Crippen molar-refractivity contribution >= 4 is 94.6 Å². The molecule has 0 fully saturated rings. The van der Waals surface area contributed by atoms with Crippen molar-refractivity contribution in [1.82, 2.24) is 0 Å². The Balaban J connectivity index is 1.87. The molecule has 0 aliphatic carbocycles. The summed E-state index contributed by atoms with van der Waals surface area (Å²) in [4.78, 5) is 0. The van der Waals surface area contributed by atoms with Gasteiger partial charge in [0.25, 0.3) is 0 Å². The Morgan fingerprint density at radius 2 is 0.241 bits per heavy atom. The summed E-state index contributed by atoms with van der Waals surface area (Å²) in [5, 5.41) is 19.5. The maximum Gasteiger partial charge on any atom is 0.0710 e. The molecule has 0 nitrogen and oxygen atoms in total. The Hall–Kier alpha value is -5.63. The highest BCUT2D eigenvalue weighted by molar-refractivity contribution is 7.22. The first kappa shape index (κ1) is 86.4. The molecule has 108 heavy (non-hydrogen) atoms. The van der Waals surface area contributed by atoms with Crippen LogP contribution in [0.1, 0.15) is 456 Å². The number of rotatable bonds is 26. The first-order valence-electron chi connectivity index (χ1n) is 43.1. The van der Waals surface area contributed by atoms with Crippen LogP contribution in [-0.2, 0) is 0 Å². The summed E-state index contributed by atoms with van der Waals surface area (Å²) in [7, 11) is -7.95. The van der Waals surface area contributed by atoms with Crippen LogP contribution in [0.5, 0.6) is 0 Å². The lowest BCUT2D eigenvalue weighted by Gasteiger charge is -2.35. The van der Waals surface area contributed by atoms with Gasteiger partial charge in [0.05, 0.1) is 31.6 Å². The Morgan fingerprint density at radius 1 is 0.139 bits per heavy atom. The van der Waals surface area contributed by atoms with Gasteiger partial charge in [0.1, 0.15) is 0 Å². The van der Waals surface area contributed by atoms with E-state index in [4.69, 9.17) is 0 Å². The summed E-state index contributed by atoms with van der Waals surface area (Å²) in [5.41, 5.74) is 27.8. The van der Waals surface area contributed by atoms with Crippen molar-refractivity contribution < 1.29 is 0 Å². The highest BCUT2D eigenvalue weighted by atomic mass is 28.9. The Kier molecular flexibility index (Phi) is 28.1. The van der Waals surface area contributed by atoms with Crippen molar-refractivity contribution in [2.24, 2.45) is 0 Å². The summed E-state index contributed by atoms with van der Waals surface area (Å²) in [6.45, 7) is 90.6. The lowest BCUT2D eigenvalue weighted by atomic mass is 9.89. The molecule has 0 saturated carbocycles. The first-order valence-corrected chi connectivity index (χ1v) is 51.1. The normalized spacial score (nSPS) is 12.6. The zero-order chi connectivity index (χ0) is 80.2. The van der Waals surface area contributed by atoms with E-state index in [9.17, 15) is 0 Å². The van der Waals surface area contributed by atoms with Gasteiger partial charge in [0.2, 0.25) is 0 Å². The monoisotopic (exact) mass is 1510 g/mol. The average molecular weight is 1510 g/mol. The van der Waals surface area contributed by atoms with Gasteiger partial charge in [-0.2, -0.15) is 0 Å². The van der Waals surface area contributed by atoms with Crippen LogP contribution in [0.25, 0.3) is 21.5 Å². The minimum absolute atomic E-state index is 0.281. The second kappa shape index (κ2) is 35.2. The van der Waals surface area contributed by atoms with Crippen LogP contribution in [-0.4, -0.2) is 31.6 Å². The second-order valence-electron chi connectivity index (χ2n) is 38.6. The van der Waals surface area contributed by atoms with Gasteiger partial charge in [0.15, 0.2) is 0 Å². The van der Waals surface area contributed by atoms with Gasteiger partial charge in [-0.25, -0.2) is 0 Å². The van der Waals surface area contributed by atoms with E-state index in [1.54, 1.807) is 108 Å². The van der Waals surface area contributed by atoms with Gasteiger partial charge < -0.3 is 0 Å². The Bertz CT molecular complexity index is 4130. The lowest BCUT2D eigenvalue weighted by molar-refractivity contribution is 0.809. The fourth-order valence-corrected chi connectivity index (χ4v) is 43.2. The molecule has 0 radical (unpaired) electrons. The number of benzene rings is 9. The lowest BCUT2D eigenvalue weighted by Crippen LogP contribution is -2.59. The van der Waals surface area contributed by atoms with E-state index in [1.807, 2.05) is 0 Å². The average Bonchev–Trinajstić information content (AvgIpc) is 0.699. The van der Waals surface area contributed by atoms with E-state index in [0.29, 0.717) is 82.9 Å².